The molecule has 10 nitrogen and oxygen atoms in total. The van der Waals surface area contributed by atoms with Crippen LogP contribution in [-0.4, -0.2) is 29.9 Å². The van der Waals surface area contributed by atoms with Crippen molar-refractivity contribution in [2.75, 3.05) is 0 Å². The van der Waals surface area contributed by atoms with Crippen LogP contribution in [0.5, 0.6) is 0 Å². The molecule has 118 heavy (non-hydrogen) atoms. The Bertz CT molecular complexity index is 7970. The molecule has 0 bridgehead atoms. The van der Waals surface area contributed by atoms with E-state index in [0.29, 0.717) is 0 Å². The van der Waals surface area contributed by atoms with Crippen LogP contribution >= 0.6 is 0 Å². The van der Waals surface area contributed by atoms with Crippen molar-refractivity contribution in [1.82, 2.24) is 29.9 Å². The summed E-state index contributed by atoms with van der Waals surface area (Å²) in [5.74, 6) is 0. The van der Waals surface area contributed by atoms with Crippen molar-refractivity contribution in [2.45, 2.75) is 0 Å². The molecule has 0 spiro atoms. The van der Waals surface area contributed by atoms with Gasteiger partial charge in [-0.1, -0.05) is 315 Å². The number of fused-ring (bicyclic) bond motifs is 15. The third-order valence-electron chi connectivity index (χ3n) is 22.4. The van der Waals surface area contributed by atoms with Crippen LogP contribution in [0.2, 0.25) is 0 Å². The zero-order chi connectivity index (χ0) is 78.0. The van der Waals surface area contributed by atoms with E-state index < -0.39 is 0 Å². The topological polar surface area (TPSA) is 130 Å². The summed E-state index contributed by atoms with van der Waals surface area (Å²) in [6, 6.07) is 135. The van der Waals surface area contributed by atoms with Crippen LogP contribution in [-0.2, 0) is 0 Å². The SMILES string of the molecule is c1ccc(-c2ccc(-c3nc(-c4cccc5oc6ccccc6c45)cc4ncccc34)cc2)cc1.c1ccc(-c2nc3ccccc3nc2-c2ccc(-c3cccc4c3oc3ccccc34)cc2)cc1.c1ccc2nc(-c3ccc(-c4cccc5oc6ccccc6c45)cc3)c(-c3ccc(-c4cccc5c4oc4ccccc45)cc3)nc2c1. The van der Waals surface area contributed by atoms with E-state index in [1.54, 1.807) is 0 Å². The van der Waals surface area contributed by atoms with Crippen molar-refractivity contribution in [1.29, 1.82) is 0 Å². The number of pyridine rings is 2. The summed E-state index contributed by atoms with van der Waals surface area (Å²) in [6.45, 7) is 0. The highest BCUT2D eigenvalue weighted by Crippen LogP contribution is 2.44. The fraction of sp³-hybridized carbons (Fsp3) is 0. The second-order valence-electron chi connectivity index (χ2n) is 29.4. The number of hydrogen-bond donors (Lipinski definition) is 0. The molecule has 0 saturated carbocycles. The van der Waals surface area contributed by atoms with Gasteiger partial charge in [0.2, 0.25) is 0 Å². The fourth-order valence-corrected chi connectivity index (χ4v) is 16.7. The van der Waals surface area contributed by atoms with Crippen LogP contribution in [0.1, 0.15) is 0 Å². The maximum absolute atomic E-state index is 6.33. The molecule has 0 saturated heterocycles. The number of hydrogen-bond acceptors (Lipinski definition) is 10. The number of aromatic nitrogens is 6. The lowest BCUT2D eigenvalue weighted by Gasteiger charge is -2.12. The molecule has 0 aliphatic rings. The van der Waals surface area contributed by atoms with E-state index >= 15 is 0 Å². The Morgan fingerprint density at radius 2 is 0.475 bits per heavy atom. The number of furan rings is 4. The van der Waals surface area contributed by atoms with Crippen LogP contribution in [0.15, 0.2) is 418 Å². The van der Waals surface area contributed by atoms with E-state index in [0.717, 1.165) is 222 Å². The predicted molar refractivity (Wildman–Crippen MR) is 482 cm³/mol. The highest BCUT2D eigenvalue weighted by molar-refractivity contribution is 6.15. The second kappa shape index (κ2) is 29.2. The van der Waals surface area contributed by atoms with Gasteiger partial charge in [-0.2, -0.15) is 0 Å². The van der Waals surface area contributed by atoms with Gasteiger partial charge in [-0.15, -0.1) is 0 Å². The molecule has 0 fully saturated rings. The maximum atomic E-state index is 6.33. The van der Waals surface area contributed by atoms with Gasteiger partial charge in [0, 0.05) is 99.2 Å². The summed E-state index contributed by atoms with van der Waals surface area (Å²) in [5, 5.41) is 9.98. The molecule has 0 atom stereocenters. The van der Waals surface area contributed by atoms with E-state index in [9.17, 15) is 0 Å². The molecule has 0 aliphatic heterocycles. The van der Waals surface area contributed by atoms with Gasteiger partial charge in [-0.05, 0) is 112 Å². The monoisotopic (exact) mass is 1510 g/mol. The van der Waals surface area contributed by atoms with E-state index in [4.69, 9.17) is 42.6 Å². The standard InChI is InChI=1S/C44H26N2O2.2C32H20N2O/c1-5-16-38-33(9-1)34-13-7-12-32(44(34)48-38)28-21-25-30(26-22-28)43-42(45-36-14-3-4-15-37(36)46-43)29-23-19-27(20-24-29)31-11-8-18-40-41(31)35-10-2-6-17-39(35)47-40;1-2-9-22(10-3-1)30-31(34-28-15-6-5-14-27(28)33-30)23-19-17-21(18-20-23)24-12-8-13-26-25-11-4-7-16-29(25)35-32(24)26;1-2-8-21(9-3-1)22-15-17-23(18-16-22)32-25-12-7-19-33-27(25)20-28(34-32)24-11-6-14-30-31(24)26-10-4-5-13-29(26)35-30/h1-26H;2*1-20H. The highest BCUT2D eigenvalue weighted by atomic mass is 16.3. The van der Waals surface area contributed by atoms with Crippen molar-refractivity contribution >= 4 is 121 Å². The van der Waals surface area contributed by atoms with Gasteiger partial charge in [0.05, 0.1) is 61.7 Å². The van der Waals surface area contributed by atoms with Crippen LogP contribution in [0.3, 0.4) is 0 Å². The number of benzene rings is 16. The first-order valence-electron chi connectivity index (χ1n) is 39.4. The third-order valence-corrected chi connectivity index (χ3v) is 22.4. The summed E-state index contributed by atoms with van der Waals surface area (Å²) >= 11 is 0. The number of rotatable bonds is 10. The largest absolute Gasteiger partial charge is 0.456 e. The van der Waals surface area contributed by atoms with Gasteiger partial charge in [-0.25, -0.2) is 24.9 Å². The molecule has 8 heterocycles. The zero-order valence-corrected chi connectivity index (χ0v) is 63.4. The molecular weight excluding hydrogens is 1450 g/mol. The number of nitrogens with zero attached hydrogens (tertiary/aromatic N) is 6. The summed E-state index contributed by atoms with van der Waals surface area (Å²) in [4.78, 5) is 30.2. The van der Waals surface area contributed by atoms with E-state index in [-0.39, 0.29) is 0 Å². The highest BCUT2D eigenvalue weighted by Gasteiger charge is 2.22. The van der Waals surface area contributed by atoms with Crippen molar-refractivity contribution in [2.24, 2.45) is 0 Å². The molecular formula is C108H66N6O4. The smallest absolute Gasteiger partial charge is 0.143 e. The molecule has 24 rings (SSSR count). The second-order valence-corrected chi connectivity index (χ2v) is 29.4. The van der Waals surface area contributed by atoms with Gasteiger partial charge in [0.1, 0.15) is 44.7 Å². The third kappa shape index (κ3) is 12.4. The van der Waals surface area contributed by atoms with Gasteiger partial charge < -0.3 is 17.7 Å². The van der Waals surface area contributed by atoms with E-state index in [2.05, 4.69) is 242 Å². The normalized spacial score (nSPS) is 11.6. The van der Waals surface area contributed by atoms with Crippen LogP contribution in [0, 0.1) is 0 Å². The molecule has 0 amide bonds. The lowest BCUT2D eigenvalue weighted by molar-refractivity contribution is 0.668. The average Bonchev–Trinajstić information content (AvgIpc) is 1.49. The molecule has 0 N–H and O–H groups in total. The predicted octanol–water partition coefficient (Wildman–Crippen LogP) is 29.2. The number of para-hydroxylation sites is 10. The Morgan fingerprint density at radius 1 is 0.169 bits per heavy atom. The first-order valence-corrected chi connectivity index (χ1v) is 39.4. The molecule has 0 aliphatic carbocycles. The van der Waals surface area contributed by atoms with E-state index in [1.165, 1.54) is 11.1 Å². The van der Waals surface area contributed by atoms with Gasteiger partial charge in [0.15, 0.2) is 0 Å². The quantitative estimate of drug-likeness (QED) is 0.130. The Balaban J connectivity index is 0.000000109. The van der Waals surface area contributed by atoms with Crippen molar-refractivity contribution in [3.05, 3.63) is 401 Å². The van der Waals surface area contributed by atoms with Crippen molar-refractivity contribution in [3.63, 3.8) is 0 Å². The minimum atomic E-state index is 0.845. The van der Waals surface area contributed by atoms with Crippen LogP contribution < -0.4 is 0 Å². The lowest BCUT2D eigenvalue weighted by Crippen LogP contribution is -1.95. The summed E-state index contributed by atoms with van der Waals surface area (Å²) < 4.78 is 24.9. The summed E-state index contributed by atoms with van der Waals surface area (Å²) in [7, 11) is 0. The molecule has 552 valence electrons. The van der Waals surface area contributed by atoms with E-state index in [1.807, 2.05) is 164 Å². The lowest BCUT2D eigenvalue weighted by atomic mass is 9.96. The molecule has 24 aromatic rings. The average molecular weight is 1510 g/mol. The first kappa shape index (κ1) is 68.7. The fourth-order valence-electron chi connectivity index (χ4n) is 16.7. The van der Waals surface area contributed by atoms with Crippen LogP contribution in [0.4, 0.5) is 0 Å². The summed E-state index contributed by atoms with van der Waals surface area (Å²) in [5.41, 5.74) is 32.0. The van der Waals surface area contributed by atoms with Gasteiger partial charge in [-0.3, -0.25) is 4.98 Å². The molecule has 0 unspecified atom stereocenters. The Kier molecular flexibility index (Phi) is 17.0. The van der Waals surface area contributed by atoms with Gasteiger partial charge in [0.25, 0.3) is 0 Å². The maximum Gasteiger partial charge on any atom is 0.143 e. The zero-order valence-electron chi connectivity index (χ0n) is 63.4. The first-order chi connectivity index (χ1) is 58.5. The minimum Gasteiger partial charge on any atom is -0.456 e. The van der Waals surface area contributed by atoms with Crippen LogP contribution in [0.25, 0.3) is 233 Å². The van der Waals surface area contributed by atoms with Crippen molar-refractivity contribution in [3.8, 4) is 112 Å². The van der Waals surface area contributed by atoms with Crippen molar-refractivity contribution < 1.29 is 17.7 Å². The minimum absolute atomic E-state index is 0.845. The molecule has 0 radical (unpaired) electrons. The molecule has 16 aromatic carbocycles. The molecule has 8 aromatic heterocycles. The van der Waals surface area contributed by atoms with Gasteiger partial charge >= 0.3 is 0 Å². The Hall–Kier alpha value is -16.0. The Labute approximate surface area is 676 Å². The Morgan fingerprint density at radius 3 is 0.941 bits per heavy atom. The summed E-state index contributed by atoms with van der Waals surface area (Å²) in [6.07, 6.45) is 1.84. The molecule has 10 heteroatoms.